The van der Waals surface area contributed by atoms with Gasteiger partial charge in [0.25, 0.3) is 0 Å². The summed E-state index contributed by atoms with van der Waals surface area (Å²) in [5, 5.41) is 4.51. The van der Waals surface area contributed by atoms with Gasteiger partial charge in [-0.15, -0.1) is 0 Å². The Hall–Kier alpha value is -7.63. The highest BCUT2D eigenvalue weighted by atomic mass is 16.3. The topological polar surface area (TPSA) is 56.7 Å². The summed E-state index contributed by atoms with van der Waals surface area (Å²) in [4.78, 5) is 15.2. The Kier molecular flexibility index (Phi) is 7.42. The van der Waals surface area contributed by atoms with Gasteiger partial charge in [-0.25, -0.2) is 15.0 Å². The predicted octanol–water partition coefficient (Wildman–Crippen LogP) is 13.2. The van der Waals surface area contributed by atoms with Crippen molar-refractivity contribution in [3.8, 4) is 62.1 Å². The first kappa shape index (κ1) is 31.9. The molecule has 0 aliphatic carbocycles. The summed E-state index contributed by atoms with van der Waals surface area (Å²) in [6, 6.07) is 67.4. The zero-order chi connectivity index (χ0) is 37.0. The monoisotopic (exact) mass is 716 g/mol. The smallest absolute Gasteiger partial charge is 0.167 e. The molecule has 11 rings (SSSR count). The van der Waals surface area contributed by atoms with Crippen LogP contribution in [0.15, 0.2) is 199 Å². The van der Waals surface area contributed by atoms with E-state index in [4.69, 9.17) is 19.4 Å². The van der Waals surface area contributed by atoms with Gasteiger partial charge >= 0.3 is 0 Å². The molecule has 0 unspecified atom stereocenters. The number of rotatable bonds is 6. The summed E-state index contributed by atoms with van der Waals surface area (Å²) in [5.74, 6) is 1.76. The van der Waals surface area contributed by atoms with Gasteiger partial charge in [0, 0.05) is 38.2 Å². The second-order valence-electron chi connectivity index (χ2n) is 14.0. The van der Waals surface area contributed by atoms with Gasteiger partial charge in [-0.3, -0.25) is 0 Å². The molecule has 8 aromatic carbocycles. The fraction of sp³-hybridized carbons (Fsp3) is 0. The summed E-state index contributed by atoms with van der Waals surface area (Å²) >= 11 is 0. The Morgan fingerprint density at radius 1 is 0.339 bits per heavy atom. The van der Waals surface area contributed by atoms with E-state index in [1.165, 1.54) is 21.8 Å². The second kappa shape index (κ2) is 13.0. The largest absolute Gasteiger partial charge is 0.455 e. The number of hydrogen-bond acceptors (Lipinski definition) is 4. The number of para-hydroxylation sites is 4. The van der Waals surface area contributed by atoms with E-state index < -0.39 is 0 Å². The van der Waals surface area contributed by atoms with Crippen LogP contribution in [0.1, 0.15) is 0 Å². The Balaban J connectivity index is 1.10. The first-order chi connectivity index (χ1) is 27.8. The quantitative estimate of drug-likeness (QED) is 0.172. The van der Waals surface area contributed by atoms with Gasteiger partial charge in [0.1, 0.15) is 11.2 Å². The lowest BCUT2D eigenvalue weighted by Gasteiger charge is -2.14. The number of aromatic nitrogens is 4. The zero-order valence-electron chi connectivity index (χ0n) is 30.2. The first-order valence-corrected chi connectivity index (χ1v) is 18.8. The van der Waals surface area contributed by atoms with Gasteiger partial charge in [0.2, 0.25) is 0 Å². The standard InChI is InChI=1S/C51H32N4O/c1-3-15-33(16-4-1)34-29-31-36(32-30-34)50-52-49(35-17-5-2-6-18-35)53-51(54-50)42-24-13-23-41-47-40(22-14-28-46(47)56-48(41)42)39-21-9-12-27-45(39)55-43-25-10-7-19-37(43)38-20-8-11-26-44(38)55/h1-32H. The average molecular weight is 717 g/mol. The molecule has 0 saturated carbocycles. The predicted molar refractivity (Wildman–Crippen MR) is 229 cm³/mol. The minimum absolute atomic E-state index is 0.554. The lowest BCUT2D eigenvalue weighted by atomic mass is 9.97. The molecule has 0 saturated heterocycles. The zero-order valence-corrected chi connectivity index (χ0v) is 30.2. The van der Waals surface area contributed by atoms with Crippen LogP contribution in [0, 0.1) is 0 Å². The highest BCUT2D eigenvalue weighted by molar-refractivity contribution is 6.16. The van der Waals surface area contributed by atoms with Crippen molar-refractivity contribution >= 4 is 43.7 Å². The van der Waals surface area contributed by atoms with Crippen molar-refractivity contribution in [3.63, 3.8) is 0 Å². The third-order valence-corrected chi connectivity index (χ3v) is 10.7. The maximum Gasteiger partial charge on any atom is 0.167 e. The van der Waals surface area contributed by atoms with Crippen LogP contribution in [-0.4, -0.2) is 19.5 Å². The van der Waals surface area contributed by atoms with E-state index in [-0.39, 0.29) is 0 Å². The Morgan fingerprint density at radius 2 is 0.821 bits per heavy atom. The van der Waals surface area contributed by atoms with Crippen molar-refractivity contribution in [1.29, 1.82) is 0 Å². The summed E-state index contributed by atoms with van der Waals surface area (Å²) in [7, 11) is 0. The van der Waals surface area contributed by atoms with Gasteiger partial charge in [-0.2, -0.15) is 0 Å². The number of fused-ring (bicyclic) bond motifs is 6. The van der Waals surface area contributed by atoms with Crippen molar-refractivity contribution in [2.75, 3.05) is 0 Å². The lowest BCUT2D eigenvalue weighted by molar-refractivity contribution is 0.669. The SMILES string of the molecule is c1ccc(-c2ccc(-c3nc(-c4ccccc4)nc(-c4cccc5c4oc4cccc(-c6ccccc6-n6c7ccccc7c7ccccc76)c45)n3)cc2)cc1. The maximum absolute atomic E-state index is 6.82. The number of furan rings is 1. The minimum Gasteiger partial charge on any atom is -0.455 e. The molecule has 5 nitrogen and oxygen atoms in total. The third kappa shape index (κ3) is 5.21. The molecule has 3 aromatic heterocycles. The van der Waals surface area contributed by atoms with Crippen molar-refractivity contribution < 1.29 is 4.42 Å². The molecular weight excluding hydrogens is 685 g/mol. The third-order valence-electron chi connectivity index (χ3n) is 10.7. The molecule has 56 heavy (non-hydrogen) atoms. The minimum atomic E-state index is 0.554. The molecule has 262 valence electrons. The number of nitrogens with zero attached hydrogens (tertiary/aromatic N) is 4. The van der Waals surface area contributed by atoms with Gasteiger partial charge in [0.15, 0.2) is 17.5 Å². The molecule has 0 atom stereocenters. The number of benzene rings is 8. The molecule has 3 heterocycles. The molecule has 0 aliphatic heterocycles. The van der Waals surface area contributed by atoms with Crippen LogP contribution >= 0.6 is 0 Å². The molecule has 0 spiro atoms. The molecule has 0 bridgehead atoms. The Morgan fingerprint density at radius 3 is 1.54 bits per heavy atom. The molecule has 0 radical (unpaired) electrons. The fourth-order valence-electron chi connectivity index (χ4n) is 8.11. The van der Waals surface area contributed by atoms with Crippen LogP contribution in [0.25, 0.3) is 106 Å². The fourth-order valence-corrected chi connectivity index (χ4v) is 8.11. The van der Waals surface area contributed by atoms with Crippen molar-refractivity contribution in [2.24, 2.45) is 0 Å². The second-order valence-corrected chi connectivity index (χ2v) is 14.0. The normalized spacial score (nSPS) is 11.6. The highest BCUT2D eigenvalue weighted by Crippen LogP contribution is 2.43. The summed E-state index contributed by atoms with van der Waals surface area (Å²) in [5.41, 5.74) is 12.1. The first-order valence-electron chi connectivity index (χ1n) is 18.8. The van der Waals surface area contributed by atoms with Crippen LogP contribution in [0.2, 0.25) is 0 Å². The molecular formula is C51H32N4O. The van der Waals surface area contributed by atoms with E-state index in [1.54, 1.807) is 0 Å². The van der Waals surface area contributed by atoms with E-state index in [0.29, 0.717) is 17.5 Å². The number of hydrogen-bond donors (Lipinski definition) is 0. The van der Waals surface area contributed by atoms with Crippen LogP contribution in [0.3, 0.4) is 0 Å². The molecule has 0 N–H and O–H groups in total. The van der Waals surface area contributed by atoms with Crippen LogP contribution in [-0.2, 0) is 0 Å². The van der Waals surface area contributed by atoms with E-state index >= 15 is 0 Å². The van der Waals surface area contributed by atoms with Gasteiger partial charge < -0.3 is 8.98 Å². The molecule has 0 amide bonds. The molecule has 0 fully saturated rings. The van der Waals surface area contributed by atoms with E-state index in [0.717, 1.165) is 66.6 Å². The molecule has 0 aliphatic rings. The maximum atomic E-state index is 6.82. The summed E-state index contributed by atoms with van der Waals surface area (Å²) in [6.45, 7) is 0. The van der Waals surface area contributed by atoms with Crippen molar-refractivity contribution in [2.45, 2.75) is 0 Å². The van der Waals surface area contributed by atoms with Gasteiger partial charge in [-0.1, -0.05) is 164 Å². The van der Waals surface area contributed by atoms with E-state index in [2.05, 4.69) is 150 Å². The van der Waals surface area contributed by atoms with Crippen LogP contribution in [0.5, 0.6) is 0 Å². The van der Waals surface area contributed by atoms with Crippen molar-refractivity contribution in [3.05, 3.63) is 194 Å². The van der Waals surface area contributed by atoms with Crippen LogP contribution < -0.4 is 0 Å². The van der Waals surface area contributed by atoms with E-state index in [1.807, 2.05) is 48.5 Å². The highest BCUT2D eigenvalue weighted by Gasteiger charge is 2.22. The average Bonchev–Trinajstić information content (AvgIpc) is 3.83. The van der Waals surface area contributed by atoms with Crippen molar-refractivity contribution in [1.82, 2.24) is 19.5 Å². The summed E-state index contributed by atoms with van der Waals surface area (Å²) in [6.07, 6.45) is 0. The van der Waals surface area contributed by atoms with Crippen LogP contribution in [0.4, 0.5) is 0 Å². The Bertz CT molecular complexity index is 3180. The molecule has 11 aromatic rings. The lowest BCUT2D eigenvalue weighted by Crippen LogP contribution is -2.00. The van der Waals surface area contributed by atoms with Gasteiger partial charge in [-0.05, 0) is 47.0 Å². The molecule has 5 heteroatoms. The van der Waals surface area contributed by atoms with Gasteiger partial charge in [0.05, 0.1) is 22.3 Å². The van der Waals surface area contributed by atoms with E-state index in [9.17, 15) is 0 Å². The Labute approximate surface area is 322 Å². The summed E-state index contributed by atoms with van der Waals surface area (Å²) < 4.78 is 9.21.